The van der Waals surface area contributed by atoms with Gasteiger partial charge in [0.15, 0.2) is 0 Å². The lowest BCUT2D eigenvalue weighted by Gasteiger charge is -2.36. The molecule has 7 nitrogen and oxygen atoms in total. The van der Waals surface area contributed by atoms with Gasteiger partial charge in [0.25, 0.3) is 5.91 Å². The third-order valence-corrected chi connectivity index (χ3v) is 6.90. The molecule has 2 aromatic heterocycles. The van der Waals surface area contributed by atoms with E-state index in [9.17, 15) is 4.79 Å². The van der Waals surface area contributed by atoms with Crippen molar-refractivity contribution in [3.8, 4) is 27.8 Å². The van der Waals surface area contributed by atoms with Gasteiger partial charge in [-0.25, -0.2) is 4.68 Å². The van der Waals surface area contributed by atoms with E-state index in [0.717, 1.165) is 46.5 Å². The molecule has 0 unspecified atom stereocenters. The van der Waals surface area contributed by atoms with Gasteiger partial charge < -0.3 is 19.3 Å². The SMILES string of the molecule is COc1ccc(-n2nc(-c3cccs3)cc2C(=O)N2CCN(c3ccccc3OC)CC2)cc1. The lowest BCUT2D eigenvalue weighted by molar-refractivity contribution is 0.0737. The largest absolute Gasteiger partial charge is 0.497 e. The number of methoxy groups -OCH3 is 2. The zero-order valence-corrected chi connectivity index (χ0v) is 20.0. The number of aromatic nitrogens is 2. The van der Waals surface area contributed by atoms with Crippen molar-refractivity contribution in [3.63, 3.8) is 0 Å². The van der Waals surface area contributed by atoms with Crippen molar-refractivity contribution in [2.75, 3.05) is 45.3 Å². The van der Waals surface area contributed by atoms with Gasteiger partial charge in [-0.05, 0) is 53.9 Å². The highest BCUT2D eigenvalue weighted by atomic mass is 32.1. The van der Waals surface area contributed by atoms with Crippen molar-refractivity contribution < 1.29 is 14.3 Å². The van der Waals surface area contributed by atoms with Gasteiger partial charge in [-0.3, -0.25) is 4.79 Å². The number of carbonyl (C=O) groups is 1. The number of nitrogens with zero attached hydrogens (tertiary/aromatic N) is 4. The van der Waals surface area contributed by atoms with E-state index in [2.05, 4.69) is 11.0 Å². The number of para-hydroxylation sites is 2. The van der Waals surface area contributed by atoms with Gasteiger partial charge in [-0.2, -0.15) is 5.10 Å². The van der Waals surface area contributed by atoms with Crippen LogP contribution in [0.25, 0.3) is 16.3 Å². The summed E-state index contributed by atoms with van der Waals surface area (Å²) in [6.45, 7) is 2.72. The fourth-order valence-electron chi connectivity index (χ4n) is 4.20. The summed E-state index contributed by atoms with van der Waals surface area (Å²) in [7, 11) is 3.32. The second kappa shape index (κ2) is 9.61. The van der Waals surface area contributed by atoms with Crippen molar-refractivity contribution >= 4 is 22.9 Å². The standard InChI is InChI=1S/C26H26N4O3S/c1-32-20-11-9-19(10-12-20)30-23(18-21(27-30)25-8-5-17-34-25)26(31)29-15-13-28(14-16-29)22-6-3-4-7-24(22)33-2/h3-12,17-18H,13-16H2,1-2H3. The first-order valence-electron chi connectivity index (χ1n) is 11.1. The van der Waals surface area contributed by atoms with Crippen molar-refractivity contribution in [1.82, 2.24) is 14.7 Å². The summed E-state index contributed by atoms with van der Waals surface area (Å²) >= 11 is 1.61. The number of hydrogen-bond donors (Lipinski definition) is 0. The second-order valence-corrected chi connectivity index (χ2v) is 8.90. The maximum absolute atomic E-state index is 13.7. The van der Waals surface area contributed by atoms with Crippen LogP contribution in [-0.4, -0.2) is 61.0 Å². The number of rotatable bonds is 6. The van der Waals surface area contributed by atoms with E-state index in [1.165, 1.54) is 0 Å². The number of hydrogen-bond acceptors (Lipinski definition) is 6. The summed E-state index contributed by atoms with van der Waals surface area (Å²) in [5.74, 6) is 1.58. The molecule has 0 spiro atoms. The molecule has 174 valence electrons. The van der Waals surface area contributed by atoms with Crippen molar-refractivity contribution in [3.05, 3.63) is 77.8 Å². The van der Waals surface area contributed by atoms with Crippen molar-refractivity contribution in [2.45, 2.75) is 0 Å². The van der Waals surface area contributed by atoms with Crippen LogP contribution in [-0.2, 0) is 0 Å². The second-order valence-electron chi connectivity index (χ2n) is 7.95. The Kier molecular flexibility index (Phi) is 6.22. The van der Waals surface area contributed by atoms with E-state index in [0.29, 0.717) is 18.8 Å². The number of thiophene rings is 1. The monoisotopic (exact) mass is 474 g/mol. The minimum Gasteiger partial charge on any atom is -0.497 e. The minimum atomic E-state index is -0.0224. The van der Waals surface area contributed by atoms with Gasteiger partial charge in [0.1, 0.15) is 22.9 Å². The Labute approximate surface area is 202 Å². The molecule has 8 heteroatoms. The lowest BCUT2D eigenvalue weighted by atomic mass is 10.2. The molecule has 1 fully saturated rings. The third kappa shape index (κ3) is 4.24. The van der Waals surface area contributed by atoms with E-state index in [1.807, 2.05) is 70.9 Å². The highest BCUT2D eigenvalue weighted by Gasteiger charge is 2.27. The van der Waals surface area contributed by atoms with Crippen LogP contribution in [0.4, 0.5) is 5.69 Å². The topological polar surface area (TPSA) is 59.8 Å². The quantitative estimate of drug-likeness (QED) is 0.409. The summed E-state index contributed by atoms with van der Waals surface area (Å²) in [5, 5.41) is 6.81. The van der Waals surface area contributed by atoms with Crippen molar-refractivity contribution in [1.29, 1.82) is 0 Å². The number of benzene rings is 2. The molecule has 0 bridgehead atoms. The summed E-state index contributed by atoms with van der Waals surface area (Å²) < 4.78 is 12.5. The van der Waals surface area contributed by atoms with E-state index in [1.54, 1.807) is 30.2 Å². The molecule has 0 radical (unpaired) electrons. The van der Waals surface area contributed by atoms with E-state index < -0.39 is 0 Å². The Bertz CT molecular complexity index is 1260. The van der Waals surface area contributed by atoms with Gasteiger partial charge >= 0.3 is 0 Å². The Morgan fingerprint density at radius 3 is 2.35 bits per heavy atom. The number of piperazine rings is 1. The van der Waals surface area contributed by atoms with Crippen LogP contribution < -0.4 is 14.4 Å². The average Bonchev–Trinajstić information content (AvgIpc) is 3.59. The van der Waals surface area contributed by atoms with Crippen LogP contribution in [0, 0.1) is 0 Å². The highest BCUT2D eigenvalue weighted by Crippen LogP contribution is 2.30. The lowest BCUT2D eigenvalue weighted by Crippen LogP contribution is -2.49. The fourth-order valence-corrected chi connectivity index (χ4v) is 4.88. The fraction of sp³-hybridized carbons (Fsp3) is 0.231. The van der Waals surface area contributed by atoms with E-state index >= 15 is 0 Å². The third-order valence-electron chi connectivity index (χ3n) is 6.01. The Balaban J connectivity index is 1.41. The Hall–Kier alpha value is -3.78. The summed E-state index contributed by atoms with van der Waals surface area (Å²) in [4.78, 5) is 18.9. The van der Waals surface area contributed by atoms with Gasteiger partial charge in [0, 0.05) is 26.2 Å². The number of carbonyl (C=O) groups excluding carboxylic acids is 1. The Morgan fingerprint density at radius 2 is 1.68 bits per heavy atom. The van der Waals surface area contributed by atoms with E-state index in [-0.39, 0.29) is 5.91 Å². The number of anilines is 1. The molecule has 3 heterocycles. The molecule has 0 N–H and O–H groups in total. The maximum atomic E-state index is 13.7. The zero-order chi connectivity index (χ0) is 23.5. The molecule has 1 amide bonds. The summed E-state index contributed by atoms with van der Waals surface area (Å²) in [6.07, 6.45) is 0. The van der Waals surface area contributed by atoms with Crippen LogP contribution in [0.15, 0.2) is 72.1 Å². The molecule has 0 aliphatic carbocycles. The molecule has 2 aromatic carbocycles. The summed E-state index contributed by atoms with van der Waals surface area (Å²) in [6, 6.07) is 21.5. The Morgan fingerprint density at radius 1 is 0.912 bits per heavy atom. The molecule has 1 aliphatic heterocycles. The van der Waals surface area contributed by atoms with Gasteiger partial charge in [0.2, 0.25) is 0 Å². The molecule has 1 aliphatic rings. The molecule has 1 saturated heterocycles. The molecule has 0 atom stereocenters. The smallest absolute Gasteiger partial charge is 0.272 e. The van der Waals surface area contributed by atoms with Crippen molar-refractivity contribution in [2.24, 2.45) is 0 Å². The first-order chi connectivity index (χ1) is 16.7. The first kappa shape index (κ1) is 22.0. The predicted molar refractivity (Wildman–Crippen MR) is 135 cm³/mol. The molecule has 34 heavy (non-hydrogen) atoms. The van der Waals surface area contributed by atoms with Gasteiger partial charge in [-0.1, -0.05) is 18.2 Å². The van der Waals surface area contributed by atoms with Crippen LogP contribution >= 0.6 is 11.3 Å². The molecular formula is C26H26N4O3S. The zero-order valence-electron chi connectivity index (χ0n) is 19.2. The van der Waals surface area contributed by atoms with Gasteiger partial charge in [0.05, 0.1) is 30.5 Å². The maximum Gasteiger partial charge on any atom is 0.272 e. The summed E-state index contributed by atoms with van der Waals surface area (Å²) in [5.41, 5.74) is 3.22. The molecule has 4 aromatic rings. The highest BCUT2D eigenvalue weighted by molar-refractivity contribution is 7.13. The molecule has 5 rings (SSSR count). The van der Waals surface area contributed by atoms with Crippen LogP contribution in [0.3, 0.4) is 0 Å². The minimum absolute atomic E-state index is 0.0224. The number of ether oxygens (including phenoxy) is 2. The van der Waals surface area contributed by atoms with E-state index in [4.69, 9.17) is 14.6 Å². The first-order valence-corrected chi connectivity index (χ1v) is 12.0. The average molecular weight is 475 g/mol. The normalized spacial score (nSPS) is 13.7. The molecular weight excluding hydrogens is 448 g/mol. The molecule has 0 saturated carbocycles. The van der Waals surface area contributed by atoms with Gasteiger partial charge in [-0.15, -0.1) is 11.3 Å². The predicted octanol–water partition coefficient (Wildman–Crippen LogP) is 4.58. The van der Waals surface area contributed by atoms with Crippen LogP contribution in [0.2, 0.25) is 0 Å². The van der Waals surface area contributed by atoms with Crippen LogP contribution in [0.1, 0.15) is 10.5 Å². The van der Waals surface area contributed by atoms with Crippen LogP contribution in [0.5, 0.6) is 11.5 Å². The number of amides is 1.